The van der Waals surface area contributed by atoms with Crippen LogP contribution in [0.1, 0.15) is 23.2 Å². The number of benzene rings is 1. The summed E-state index contributed by atoms with van der Waals surface area (Å²) in [5, 5.41) is 6.08. The Balaban J connectivity index is 1.55. The minimum absolute atomic E-state index is 0.122. The maximum absolute atomic E-state index is 12.1. The van der Waals surface area contributed by atoms with Crippen molar-refractivity contribution >= 4 is 33.3 Å². The van der Waals surface area contributed by atoms with E-state index in [9.17, 15) is 4.79 Å². The van der Waals surface area contributed by atoms with Gasteiger partial charge in [-0.15, -0.1) is 0 Å². The maximum Gasteiger partial charge on any atom is 0.252 e. The highest BCUT2D eigenvalue weighted by atomic mass is 79.9. The zero-order valence-corrected chi connectivity index (χ0v) is 14.2. The monoisotopic (exact) mass is 375 g/mol. The zero-order chi connectivity index (χ0) is 16.1. The number of ether oxygens (including phenoxy) is 1. The average molecular weight is 376 g/mol. The number of anilines is 2. The number of hydrogen-bond acceptors (Lipinski definition) is 4. The minimum atomic E-state index is -0.122. The van der Waals surface area contributed by atoms with E-state index in [1.165, 1.54) is 0 Å². The summed E-state index contributed by atoms with van der Waals surface area (Å²) >= 11 is 3.40. The lowest BCUT2D eigenvalue weighted by Crippen LogP contribution is -2.31. The van der Waals surface area contributed by atoms with Crippen molar-refractivity contribution in [3.63, 3.8) is 0 Å². The lowest BCUT2D eigenvalue weighted by atomic mass is 10.2. The molecule has 2 aromatic rings. The van der Waals surface area contributed by atoms with Crippen molar-refractivity contribution in [2.75, 3.05) is 18.5 Å². The number of nitrogens with zero attached hydrogens (tertiary/aromatic N) is 1. The quantitative estimate of drug-likeness (QED) is 0.839. The largest absolute Gasteiger partial charge is 0.376 e. The number of hydrogen-bond donors (Lipinski definition) is 2. The maximum atomic E-state index is 12.1. The van der Waals surface area contributed by atoms with Gasteiger partial charge in [0.15, 0.2) is 0 Å². The molecule has 1 unspecified atom stereocenters. The average Bonchev–Trinajstić information content (AvgIpc) is 3.09. The highest BCUT2D eigenvalue weighted by molar-refractivity contribution is 9.10. The number of rotatable bonds is 5. The molecule has 1 atom stereocenters. The minimum Gasteiger partial charge on any atom is -0.376 e. The molecule has 6 heteroatoms. The van der Waals surface area contributed by atoms with Crippen molar-refractivity contribution in [2.24, 2.45) is 0 Å². The third-order valence-electron chi connectivity index (χ3n) is 3.66. The van der Waals surface area contributed by atoms with Gasteiger partial charge < -0.3 is 15.4 Å². The van der Waals surface area contributed by atoms with Crippen LogP contribution in [-0.2, 0) is 4.74 Å². The van der Waals surface area contributed by atoms with Crippen LogP contribution in [0.15, 0.2) is 47.1 Å². The van der Waals surface area contributed by atoms with Gasteiger partial charge in [-0.25, -0.2) is 4.98 Å². The van der Waals surface area contributed by atoms with Crippen LogP contribution >= 0.6 is 15.9 Å². The van der Waals surface area contributed by atoms with E-state index >= 15 is 0 Å². The Hall–Kier alpha value is -1.92. The molecule has 2 N–H and O–H groups in total. The fraction of sp³-hybridized carbons (Fsp3) is 0.294. The van der Waals surface area contributed by atoms with Crippen molar-refractivity contribution < 1.29 is 9.53 Å². The van der Waals surface area contributed by atoms with Crippen LogP contribution in [0.4, 0.5) is 11.5 Å². The van der Waals surface area contributed by atoms with Gasteiger partial charge in [0.25, 0.3) is 5.91 Å². The molecule has 0 aliphatic carbocycles. The SMILES string of the molecule is O=C(NCC1CCCO1)c1ccc(Nc2ccc(Br)cc2)nc1. The van der Waals surface area contributed by atoms with E-state index in [0.717, 1.165) is 29.6 Å². The first-order valence-electron chi connectivity index (χ1n) is 7.59. The number of pyridine rings is 1. The molecule has 0 bridgehead atoms. The number of carbonyl (C=O) groups excluding carboxylic acids is 1. The van der Waals surface area contributed by atoms with E-state index in [-0.39, 0.29) is 12.0 Å². The van der Waals surface area contributed by atoms with Crippen LogP contribution in [-0.4, -0.2) is 30.1 Å². The predicted octanol–water partition coefficient (Wildman–Crippen LogP) is 3.50. The highest BCUT2D eigenvalue weighted by Crippen LogP contribution is 2.18. The van der Waals surface area contributed by atoms with Crippen LogP contribution in [0.25, 0.3) is 0 Å². The second kappa shape index (κ2) is 7.57. The molecule has 2 heterocycles. The molecule has 1 aromatic heterocycles. The molecule has 1 amide bonds. The summed E-state index contributed by atoms with van der Waals surface area (Å²) in [5.74, 6) is 0.575. The van der Waals surface area contributed by atoms with Crippen LogP contribution in [0.2, 0.25) is 0 Å². The summed E-state index contributed by atoms with van der Waals surface area (Å²) in [5.41, 5.74) is 1.49. The van der Waals surface area contributed by atoms with Crippen LogP contribution < -0.4 is 10.6 Å². The Kier molecular flexibility index (Phi) is 5.25. The van der Waals surface area contributed by atoms with Gasteiger partial charge in [-0.1, -0.05) is 15.9 Å². The normalized spacial score (nSPS) is 17.0. The number of amides is 1. The first-order chi connectivity index (χ1) is 11.2. The highest BCUT2D eigenvalue weighted by Gasteiger charge is 2.16. The van der Waals surface area contributed by atoms with Gasteiger partial charge >= 0.3 is 0 Å². The summed E-state index contributed by atoms with van der Waals surface area (Å²) in [6, 6.07) is 11.4. The fourth-order valence-electron chi connectivity index (χ4n) is 2.40. The molecule has 0 spiro atoms. The third-order valence-corrected chi connectivity index (χ3v) is 4.19. The summed E-state index contributed by atoms with van der Waals surface area (Å²) in [7, 11) is 0. The Bertz CT molecular complexity index is 653. The Morgan fingerprint density at radius 2 is 2.09 bits per heavy atom. The molecule has 1 aromatic carbocycles. The second-order valence-corrected chi connectivity index (χ2v) is 6.32. The van der Waals surface area contributed by atoms with E-state index < -0.39 is 0 Å². The second-order valence-electron chi connectivity index (χ2n) is 5.41. The topological polar surface area (TPSA) is 63.2 Å². The lowest BCUT2D eigenvalue weighted by molar-refractivity contribution is 0.0857. The smallest absolute Gasteiger partial charge is 0.252 e. The zero-order valence-electron chi connectivity index (χ0n) is 12.6. The third kappa shape index (κ3) is 4.53. The van der Waals surface area contributed by atoms with Gasteiger partial charge in [-0.05, 0) is 49.2 Å². The molecule has 3 rings (SSSR count). The molecule has 1 aliphatic rings. The number of halogens is 1. The van der Waals surface area contributed by atoms with E-state index in [0.29, 0.717) is 17.9 Å². The van der Waals surface area contributed by atoms with E-state index in [2.05, 4.69) is 31.5 Å². The van der Waals surface area contributed by atoms with Crippen LogP contribution in [0, 0.1) is 0 Å². The summed E-state index contributed by atoms with van der Waals surface area (Å²) in [4.78, 5) is 16.4. The first kappa shape index (κ1) is 16.0. The van der Waals surface area contributed by atoms with Gasteiger partial charge in [0.2, 0.25) is 0 Å². The van der Waals surface area contributed by atoms with Crippen LogP contribution in [0.3, 0.4) is 0 Å². The molecular weight excluding hydrogens is 358 g/mol. The first-order valence-corrected chi connectivity index (χ1v) is 8.38. The predicted molar refractivity (Wildman–Crippen MR) is 93.0 cm³/mol. The number of aromatic nitrogens is 1. The Morgan fingerprint density at radius 3 is 2.74 bits per heavy atom. The summed E-state index contributed by atoms with van der Waals surface area (Å²) in [6.07, 6.45) is 3.80. The number of carbonyl (C=O) groups is 1. The molecule has 120 valence electrons. The van der Waals surface area contributed by atoms with Crippen molar-refractivity contribution in [3.05, 3.63) is 52.6 Å². The Labute approximate surface area is 143 Å². The van der Waals surface area contributed by atoms with E-state index in [4.69, 9.17) is 4.74 Å². The van der Waals surface area contributed by atoms with Crippen molar-refractivity contribution in [3.8, 4) is 0 Å². The van der Waals surface area contributed by atoms with E-state index in [1.807, 2.05) is 24.3 Å². The number of nitrogens with one attached hydrogen (secondary N) is 2. The summed E-state index contributed by atoms with van der Waals surface area (Å²) < 4.78 is 6.51. The molecule has 1 aliphatic heterocycles. The molecule has 1 fully saturated rings. The van der Waals surface area contributed by atoms with Crippen molar-refractivity contribution in [1.82, 2.24) is 10.3 Å². The van der Waals surface area contributed by atoms with Crippen LogP contribution in [0.5, 0.6) is 0 Å². The van der Waals surface area contributed by atoms with E-state index in [1.54, 1.807) is 18.3 Å². The standard InChI is InChI=1S/C17H18BrN3O2/c18-13-4-6-14(7-5-13)21-16-8-3-12(10-19-16)17(22)20-11-15-2-1-9-23-15/h3-8,10,15H,1-2,9,11H2,(H,19,21)(H,20,22). The molecular formula is C17H18BrN3O2. The summed E-state index contributed by atoms with van der Waals surface area (Å²) in [6.45, 7) is 1.34. The molecule has 0 radical (unpaired) electrons. The van der Waals surface area contributed by atoms with Gasteiger partial charge in [0.05, 0.1) is 11.7 Å². The molecule has 1 saturated heterocycles. The van der Waals surface area contributed by atoms with Gasteiger partial charge in [0.1, 0.15) is 5.82 Å². The van der Waals surface area contributed by atoms with Crippen molar-refractivity contribution in [1.29, 1.82) is 0 Å². The molecule has 0 saturated carbocycles. The fourth-order valence-corrected chi connectivity index (χ4v) is 2.66. The molecule has 5 nitrogen and oxygen atoms in total. The van der Waals surface area contributed by atoms with Gasteiger partial charge in [-0.2, -0.15) is 0 Å². The van der Waals surface area contributed by atoms with Gasteiger partial charge in [0, 0.05) is 29.5 Å². The molecule has 23 heavy (non-hydrogen) atoms. The lowest BCUT2D eigenvalue weighted by Gasteiger charge is -2.11. The van der Waals surface area contributed by atoms with Gasteiger partial charge in [-0.3, -0.25) is 4.79 Å². The van der Waals surface area contributed by atoms with Crippen molar-refractivity contribution in [2.45, 2.75) is 18.9 Å². The Morgan fingerprint density at radius 1 is 1.26 bits per heavy atom.